The Bertz CT molecular complexity index is 598. The first-order chi connectivity index (χ1) is 11.2. The van der Waals surface area contributed by atoms with Crippen molar-refractivity contribution in [2.24, 2.45) is 11.7 Å². The standard InChI is InChI=1S/C20H27NO2/c1-4-15(3)20(21)17-11-12-18(19(13-17)22-5-2)23-14-16-9-7-6-8-10-16/h6-13,15,20H,4-5,14,21H2,1-3H3/t15?,20-/m0/s1. The van der Waals surface area contributed by atoms with E-state index in [4.69, 9.17) is 15.2 Å². The predicted molar refractivity (Wildman–Crippen MR) is 94.8 cm³/mol. The van der Waals surface area contributed by atoms with Crippen LogP contribution in [0.5, 0.6) is 11.5 Å². The molecule has 0 saturated heterocycles. The van der Waals surface area contributed by atoms with Crippen LogP contribution in [-0.2, 0) is 6.61 Å². The molecule has 2 N–H and O–H groups in total. The fraction of sp³-hybridized carbons (Fsp3) is 0.400. The van der Waals surface area contributed by atoms with Crippen molar-refractivity contribution in [1.29, 1.82) is 0 Å². The molecule has 0 saturated carbocycles. The van der Waals surface area contributed by atoms with E-state index in [2.05, 4.69) is 13.8 Å². The lowest BCUT2D eigenvalue weighted by molar-refractivity contribution is 0.268. The number of nitrogens with two attached hydrogens (primary N) is 1. The highest BCUT2D eigenvalue weighted by molar-refractivity contribution is 5.44. The van der Waals surface area contributed by atoms with Crippen LogP contribution < -0.4 is 15.2 Å². The second-order valence-electron chi connectivity index (χ2n) is 5.82. The van der Waals surface area contributed by atoms with Crippen molar-refractivity contribution in [2.45, 2.75) is 39.8 Å². The Morgan fingerprint density at radius 3 is 2.35 bits per heavy atom. The first kappa shape index (κ1) is 17.4. The zero-order valence-electron chi connectivity index (χ0n) is 14.3. The molecule has 124 valence electrons. The molecule has 0 radical (unpaired) electrons. The Balaban J connectivity index is 2.15. The first-order valence-corrected chi connectivity index (χ1v) is 8.34. The van der Waals surface area contributed by atoms with Crippen LogP contribution in [0.15, 0.2) is 48.5 Å². The molecule has 0 aliphatic heterocycles. The third-order valence-electron chi connectivity index (χ3n) is 4.15. The molecule has 2 atom stereocenters. The van der Waals surface area contributed by atoms with Gasteiger partial charge in [0.15, 0.2) is 11.5 Å². The number of ether oxygens (including phenoxy) is 2. The van der Waals surface area contributed by atoms with Crippen LogP contribution in [-0.4, -0.2) is 6.61 Å². The van der Waals surface area contributed by atoms with E-state index in [9.17, 15) is 0 Å². The zero-order chi connectivity index (χ0) is 16.7. The lowest BCUT2D eigenvalue weighted by Crippen LogP contribution is -2.18. The molecule has 2 rings (SSSR count). The molecule has 3 heteroatoms. The van der Waals surface area contributed by atoms with Crippen molar-refractivity contribution in [3.8, 4) is 11.5 Å². The van der Waals surface area contributed by atoms with Gasteiger partial charge in [-0.1, -0.05) is 56.7 Å². The van der Waals surface area contributed by atoms with Gasteiger partial charge in [-0.15, -0.1) is 0 Å². The SMILES string of the molecule is CCOc1cc([C@@H](N)C(C)CC)ccc1OCc1ccccc1. The van der Waals surface area contributed by atoms with Gasteiger partial charge in [0.05, 0.1) is 6.61 Å². The van der Waals surface area contributed by atoms with Gasteiger partial charge in [0.25, 0.3) is 0 Å². The van der Waals surface area contributed by atoms with Crippen molar-refractivity contribution in [1.82, 2.24) is 0 Å². The van der Waals surface area contributed by atoms with Crippen molar-refractivity contribution >= 4 is 0 Å². The Kier molecular flexibility index (Phi) is 6.48. The zero-order valence-corrected chi connectivity index (χ0v) is 14.3. The fourth-order valence-corrected chi connectivity index (χ4v) is 2.44. The Labute approximate surface area is 139 Å². The minimum absolute atomic E-state index is 0.0161. The summed E-state index contributed by atoms with van der Waals surface area (Å²) in [7, 11) is 0. The molecule has 0 fully saturated rings. The molecule has 0 aliphatic carbocycles. The molecule has 0 aliphatic rings. The van der Waals surface area contributed by atoms with E-state index < -0.39 is 0 Å². The third-order valence-corrected chi connectivity index (χ3v) is 4.15. The highest BCUT2D eigenvalue weighted by Gasteiger charge is 2.16. The van der Waals surface area contributed by atoms with Gasteiger partial charge in [-0.05, 0) is 36.1 Å². The molecule has 2 aromatic rings. The van der Waals surface area contributed by atoms with E-state index in [1.54, 1.807) is 0 Å². The van der Waals surface area contributed by atoms with Gasteiger partial charge < -0.3 is 15.2 Å². The van der Waals surface area contributed by atoms with E-state index in [0.29, 0.717) is 19.1 Å². The molecule has 23 heavy (non-hydrogen) atoms. The Morgan fingerprint density at radius 2 is 1.70 bits per heavy atom. The summed E-state index contributed by atoms with van der Waals surface area (Å²) in [6.07, 6.45) is 1.05. The lowest BCUT2D eigenvalue weighted by Gasteiger charge is -2.20. The molecule has 1 unspecified atom stereocenters. The van der Waals surface area contributed by atoms with Crippen LogP contribution in [0, 0.1) is 5.92 Å². The van der Waals surface area contributed by atoms with E-state index in [1.165, 1.54) is 0 Å². The average molecular weight is 313 g/mol. The van der Waals surface area contributed by atoms with Gasteiger partial charge in [-0.25, -0.2) is 0 Å². The Morgan fingerprint density at radius 1 is 0.957 bits per heavy atom. The van der Waals surface area contributed by atoms with Crippen LogP contribution in [0.25, 0.3) is 0 Å². The van der Waals surface area contributed by atoms with Crippen LogP contribution >= 0.6 is 0 Å². The molecular weight excluding hydrogens is 286 g/mol. The van der Waals surface area contributed by atoms with Crippen molar-refractivity contribution in [3.63, 3.8) is 0 Å². The molecule has 0 heterocycles. The van der Waals surface area contributed by atoms with Gasteiger partial charge in [-0.3, -0.25) is 0 Å². The summed E-state index contributed by atoms with van der Waals surface area (Å²) in [6, 6.07) is 16.2. The molecular formula is C20H27NO2. The second-order valence-corrected chi connectivity index (χ2v) is 5.82. The normalized spacial score (nSPS) is 13.4. The summed E-state index contributed by atoms with van der Waals surface area (Å²) in [5.74, 6) is 1.95. The molecule has 0 amide bonds. The summed E-state index contributed by atoms with van der Waals surface area (Å²) in [4.78, 5) is 0. The summed E-state index contributed by atoms with van der Waals surface area (Å²) in [6.45, 7) is 7.43. The smallest absolute Gasteiger partial charge is 0.161 e. The second kappa shape index (κ2) is 8.59. The number of hydrogen-bond acceptors (Lipinski definition) is 3. The summed E-state index contributed by atoms with van der Waals surface area (Å²) in [5.41, 5.74) is 8.56. The summed E-state index contributed by atoms with van der Waals surface area (Å²) >= 11 is 0. The summed E-state index contributed by atoms with van der Waals surface area (Å²) in [5, 5.41) is 0. The van der Waals surface area contributed by atoms with E-state index >= 15 is 0 Å². The summed E-state index contributed by atoms with van der Waals surface area (Å²) < 4.78 is 11.7. The van der Waals surface area contributed by atoms with Gasteiger partial charge >= 0.3 is 0 Å². The topological polar surface area (TPSA) is 44.5 Å². The van der Waals surface area contributed by atoms with Crippen molar-refractivity contribution in [2.75, 3.05) is 6.61 Å². The van der Waals surface area contributed by atoms with Crippen LogP contribution in [0.1, 0.15) is 44.4 Å². The quantitative estimate of drug-likeness (QED) is 0.767. The van der Waals surface area contributed by atoms with E-state index in [-0.39, 0.29) is 6.04 Å². The van der Waals surface area contributed by atoms with Crippen molar-refractivity contribution in [3.05, 3.63) is 59.7 Å². The van der Waals surface area contributed by atoms with E-state index in [1.807, 2.05) is 55.5 Å². The molecule has 0 bridgehead atoms. The van der Waals surface area contributed by atoms with Gasteiger partial charge in [0, 0.05) is 6.04 Å². The maximum atomic E-state index is 6.33. The minimum atomic E-state index is 0.0161. The highest BCUT2D eigenvalue weighted by atomic mass is 16.5. The van der Waals surface area contributed by atoms with Crippen molar-refractivity contribution < 1.29 is 9.47 Å². The monoisotopic (exact) mass is 313 g/mol. The fourth-order valence-electron chi connectivity index (χ4n) is 2.44. The molecule has 0 spiro atoms. The van der Waals surface area contributed by atoms with Gasteiger partial charge in [-0.2, -0.15) is 0 Å². The van der Waals surface area contributed by atoms with Crippen LogP contribution in [0.3, 0.4) is 0 Å². The van der Waals surface area contributed by atoms with Gasteiger partial charge in [0.2, 0.25) is 0 Å². The predicted octanol–water partition coefficient (Wildman–Crippen LogP) is 4.71. The van der Waals surface area contributed by atoms with Gasteiger partial charge in [0.1, 0.15) is 6.61 Å². The number of benzene rings is 2. The van der Waals surface area contributed by atoms with E-state index in [0.717, 1.165) is 29.0 Å². The highest BCUT2D eigenvalue weighted by Crippen LogP contribution is 2.33. The van der Waals surface area contributed by atoms with Crippen LogP contribution in [0.2, 0.25) is 0 Å². The lowest BCUT2D eigenvalue weighted by atomic mass is 9.93. The maximum Gasteiger partial charge on any atom is 0.161 e. The first-order valence-electron chi connectivity index (χ1n) is 8.34. The minimum Gasteiger partial charge on any atom is -0.490 e. The average Bonchev–Trinajstić information content (AvgIpc) is 2.60. The molecule has 0 aromatic heterocycles. The number of rotatable bonds is 8. The number of hydrogen-bond donors (Lipinski definition) is 1. The molecule has 3 nitrogen and oxygen atoms in total. The third kappa shape index (κ3) is 4.73. The molecule has 2 aromatic carbocycles. The largest absolute Gasteiger partial charge is 0.490 e. The maximum absolute atomic E-state index is 6.33. The van der Waals surface area contributed by atoms with Crippen LogP contribution in [0.4, 0.5) is 0 Å². The Hall–Kier alpha value is -2.00.